The first kappa shape index (κ1) is 18.1. The van der Waals surface area contributed by atoms with Crippen LogP contribution in [-0.4, -0.2) is 23.4 Å². The standard InChI is InChI=1S/C18H18N2O5/c1-12(2)11-25-18(22)13-7-9-14(10-8-13)19-17(21)15-5-3-4-6-16(15)20(23)24/h3-10,12H,11H2,1-2H3,(H,19,21). The number of anilines is 1. The van der Waals surface area contributed by atoms with E-state index in [1.807, 2.05) is 13.8 Å². The van der Waals surface area contributed by atoms with Crippen LogP contribution < -0.4 is 5.32 Å². The summed E-state index contributed by atoms with van der Waals surface area (Å²) in [5, 5.41) is 13.6. The number of nitro groups is 1. The Morgan fingerprint density at radius 2 is 1.76 bits per heavy atom. The molecule has 25 heavy (non-hydrogen) atoms. The summed E-state index contributed by atoms with van der Waals surface area (Å²) in [4.78, 5) is 34.4. The van der Waals surface area contributed by atoms with Crippen LogP contribution in [0.4, 0.5) is 11.4 Å². The Labute approximate surface area is 144 Å². The van der Waals surface area contributed by atoms with E-state index in [2.05, 4.69) is 5.32 Å². The Kier molecular flexibility index (Phi) is 5.84. The predicted octanol–water partition coefficient (Wildman–Crippen LogP) is 3.66. The van der Waals surface area contributed by atoms with Crippen LogP contribution in [0.15, 0.2) is 48.5 Å². The van der Waals surface area contributed by atoms with Gasteiger partial charge in [-0.25, -0.2) is 4.79 Å². The largest absolute Gasteiger partial charge is 0.462 e. The maximum absolute atomic E-state index is 12.2. The summed E-state index contributed by atoms with van der Waals surface area (Å²) >= 11 is 0. The van der Waals surface area contributed by atoms with E-state index in [0.717, 1.165) is 0 Å². The predicted molar refractivity (Wildman–Crippen MR) is 92.6 cm³/mol. The van der Waals surface area contributed by atoms with Crippen molar-refractivity contribution < 1.29 is 19.2 Å². The van der Waals surface area contributed by atoms with Crippen LogP contribution in [0.2, 0.25) is 0 Å². The summed E-state index contributed by atoms with van der Waals surface area (Å²) in [6.45, 7) is 4.21. The molecule has 2 aromatic rings. The van der Waals surface area contributed by atoms with Crippen LogP contribution in [0.5, 0.6) is 0 Å². The second kappa shape index (κ2) is 8.05. The molecule has 0 aliphatic carbocycles. The lowest BCUT2D eigenvalue weighted by Crippen LogP contribution is -2.14. The molecule has 1 amide bonds. The third-order valence-electron chi connectivity index (χ3n) is 3.27. The average molecular weight is 342 g/mol. The molecule has 0 saturated heterocycles. The van der Waals surface area contributed by atoms with E-state index in [9.17, 15) is 19.7 Å². The molecule has 0 spiro atoms. The molecule has 2 aromatic carbocycles. The summed E-state index contributed by atoms with van der Waals surface area (Å²) in [6, 6.07) is 11.8. The normalized spacial score (nSPS) is 10.4. The molecule has 0 unspecified atom stereocenters. The lowest BCUT2D eigenvalue weighted by molar-refractivity contribution is -0.385. The number of nitro benzene ring substituents is 1. The number of para-hydroxylation sites is 1. The number of hydrogen-bond donors (Lipinski definition) is 1. The van der Waals surface area contributed by atoms with Crippen molar-refractivity contribution in [3.05, 3.63) is 69.8 Å². The maximum Gasteiger partial charge on any atom is 0.338 e. The first-order valence-corrected chi connectivity index (χ1v) is 7.70. The highest BCUT2D eigenvalue weighted by atomic mass is 16.6. The summed E-state index contributed by atoms with van der Waals surface area (Å²) in [5.41, 5.74) is 0.481. The van der Waals surface area contributed by atoms with Gasteiger partial charge in [0.25, 0.3) is 11.6 Å². The summed E-state index contributed by atoms with van der Waals surface area (Å²) in [7, 11) is 0. The van der Waals surface area contributed by atoms with Gasteiger partial charge in [-0.15, -0.1) is 0 Å². The molecule has 0 radical (unpaired) electrons. The molecule has 7 nitrogen and oxygen atoms in total. The van der Waals surface area contributed by atoms with Crippen LogP contribution in [0.1, 0.15) is 34.6 Å². The van der Waals surface area contributed by atoms with Gasteiger partial charge >= 0.3 is 5.97 Å². The monoisotopic (exact) mass is 342 g/mol. The quantitative estimate of drug-likeness (QED) is 0.491. The van der Waals surface area contributed by atoms with E-state index >= 15 is 0 Å². The number of ether oxygens (including phenoxy) is 1. The highest BCUT2D eigenvalue weighted by molar-refractivity contribution is 6.07. The van der Waals surface area contributed by atoms with Crippen molar-refractivity contribution in [2.75, 3.05) is 11.9 Å². The van der Waals surface area contributed by atoms with Crippen molar-refractivity contribution in [2.24, 2.45) is 5.92 Å². The highest BCUT2D eigenvalue weighted by Crippen LogP contribution is 2.19. The van der Waals surface area contributed by atoms with E-state index in [0.29, 0.717) is 17.9 Å². The maximum atomic E-state index is 12.2. The summed E-state index contributed by atoms with van der Waals surface area (Å²) in [6.07, 6.45) is 0. The third-order valence-corrected chi connectivity index (χ3v) is 3.27. The number of nitrogens with zero attached hydrogens (tertiary/aromatic N) is 1. The first-order valence-electron chi connectivity index (χ1n) is 7.70. The van der Waals surface area contributed by atoms with Crippen LogP contribution in [0.25, 0.3) is 0 Å². The number of carbonyl (C=O) groups is 2. The number of carbonyl (C=O) groups excluding carboxylic acids is 2. The molecule has 7 heteroatoms. The zero-order valence-electron chi connectivity index (χ0n) is 13.9. The zero-order valence-corrected chi connectivity index (χ0v) is 13.9. The molecule has 0 bridgehead atoms. The van der Waals surface area contributed by atoms with Crippen molar-refractivity contribution in [1.29, 1.82) is 0 Å². The van der Waals surface area contributed by atoms with Gasteiger partial charge in [-0.2, -0.15) is 0 Å². The molecular formula is C18H18N2O5. The Balaban J connectivity index is 2.08. The Morgan fingerprint density at radius 1 is 1.12 bits per heavy atom. The van der Waals surface area contributed by atoms with E-state index in [4.69, 9.17) is 4.74 Å². The zero-order chi connectivity index (χ0) is 18.4. The molecule has 0 heterocycles. The van der Waals surface area contributed by atoms with Gasteiger partial charge in [0.15, 0.2) is 0 Å². The van der Waals surface area contributed by atoms with Crippen molar-refractivity contribution in [1.82, 2.24) is 0 Å². The first-order chi connectivity index (χ1) is 11.9. The van der Waals surface area contributed by atoms with Crippen molar-refractivity contribution in [2.45, 2.75) is 13.8 Å². The lowest BCUT2D eigenvalue weighted by atomic mass is 10.1. The topological polar surface area (TPSA) is 98.5 Å². The third kappa shape index (κ3) is 4.87. The Hall–Kier alpha value is -3.22. The van der Waals surface area contributed by atoms with E-state index in [-0.39, 0.29) is 17.2 Å². The summed E-state index contributed by atoms with van der Waals surface area (Å²) < 4.78 is 5.12. The van der Waals surface area contributed by atoms with Crippen molar-refractivity contribution in [3.63, 3.8) is 0 Å². The minimum absolute atomic E-state index is 0.0343. The van der Waals surface area contributed by atoms with Gasteiger partial charge in [-0.3, -0.25) is 14.9 Å². The fourth-order valence-corrected chi connectivity index (χ4v) is 2.04. The molecule has 2 rings (SSSR count). The SMILES string of the molecule is CC(C)COC(=O)c1ccc(NC(=O)c2ccccc2[N+](=O)[O-])cc1. The van der Waals surface area contributed by atoms with Crippen LogP contribution in [0, 0.1) is 16.0 Å². The number of amides is 1. The van der Waals surface area contributed by atoms with Crippen molar-refractivity contribution in [3.8, 4) is 0 Å². The number of rotatable bonds is 6. The number of hydrogen-bond acceptors (Lipinski definition) is 5. The molecule has 0 atom stereocenters. The van der Waals surface area contributed by atoms with Crippen LogP contribution in [0.3, 0.4) is 0 Å². The fourth-order valence-electron chi connectivity index (χ4n) is 2.04. The number of benzene rings is 2. The van der Waals surface area contributed by atoms with Gasteiger partial charge < -0.3 is 10.1 Å². The van der Waals surface area contributed by atoms with E-state index in [1.54, 1.807) is 18.2 Å². The molecule has 1 N–H and O–H groups in total. The molecule has 0 saturated carbocycles. The molecular weight excluding hydrogens is 324 g/mol. The number of esters is 1. The van der Waals surface area contributed by atoms with Gasteiger partial charge in [-0.1, -0.05) is 26.0 Å². The molecule has 0 fully saturated rings. The van der Waals surface area contributed by atoms with Crippen molar-refractivity contribution >= 4 is 23.3 Å². The van der Waals surface area contributed by atoms with Gasteiger partial charge in [0, 0.05) is 11.8 Å². The number of nitrogens with one attached hydrogen (secondary N) is 1. The second-order valence-corrected chi connectivity index (χ2v) is 5.80. The van der Waals surface area contributed by atoms with Crippen LogP contribution in [-0.2, 0) is 4.74 Å². The minimum Gasteiger partial charge on any atom is -0.462 e. The highest BCUT2D eigenvalue weighted by Gasteiger charge is 2.19. The molecule has 130 valence electrons. The Morgan fingerprint density at radius 3 is 2.36 bits per heavy atom. The lowest BCUT2D eigenvalue weighted by Gasteiger charge is -2.08. The van der Waals surface area contributed by atoms with E-state index < -0.39 is 16.8 Å². The Bertz CT molecular complexity index is 784. The van der Waals surface area contributed by atoms with Crippen LogP contribution >= 0.6 is 0 Å². The minimum atomic E-state index is -0.608. The fraction of sp³-hybridized carbons (Fsp3) is 0.222. The summed E-state index contributed by atoms with van der Waals surface area (Å²) in [5.74, 6) is -0.795. The van der Waals surface area contributed by atoms with Gasteiger partial charge in [0.1, 0.15) is 5.56 Å². The van der Waals surface area contributed by atoms with Gasteiger partial charge in [0.05, 0.1) is 17.1 Å². The second-order valence-electron chi connectivity index (χ2n) is 5.80. The molecule has 0 aliphatic heterocycles. The molecule has 0 aliphatic rings. The van der Waals surface area contributed by atoms with Gasteiger partial charge in [-0.05, 0) is 36.2 Å². The molecule has 0 aromatic heterocycles. The van der Waals surface area contributed by atoms with E-state index in [1.165, 1.54) is 30.3 Å². The average Bonchev–Trinajstić information content (AvgIpc) is 2.60. The van der Waals surface area contributed by atoms with Gasteiger partial charge in [0.2, 0.25) is 0 Å². The smallest absolute Gasteiger partial charge is 0.338 e.